The lowest BCUT2D eigenvalue weighted by molar-refractivity contribution is -0.385. The Morgan fingerprint density at radius 3 is 2.47 bits per heavy atom. The number of ether oxygens (including phenoxy) is 1. The summed E-state index contributed by atoms with van der Waals surface area (Å²) in [5, 5.41) is 21.0. The summed E-state index contributed by atoms with van der Waals surface area (Å²) in [5.74, 6) is -0.00157. The van der Waals surface area contributed by atoms with E-state index < -0.39 is 4.92 Å². The summed E-state index contributed by atoms with van der Waals surface area (Å²) in [6, 6.07) is 9.95. The standard InChI is InChI=1S/C23H26N6O5/c1-15-20(9-11-22(30)34-3)16(2)28(27-15)18-6-4-17(5-7-18)23(31)25-13-12-24-21-10-8-19(14-26-21)29(32)33/h4-8,10,14H,9,11-13H2,1-3H3,(H,24,26)(H,25,31). The first-order chi connectivity index (χ1) is 16.3. The van der Waals surface area contributed by atoms with Gasteiger partial charge in [-0.05, 0) is 56.2 Å². The minimum absolute atomic E-state index is 0.0832. The largest absolute Gasteiger partial charge is 0.469 e. The van der Waals surface area contributed by atoms with Crippen LogP contribution in [-0.4, -0.2) is 51.8 Å². The molecule has 0 aliphatic heterocycles. The molecule has 0 saturated carbocycles. The van der Waals surface area contributed by atoms with Crippen molar-refractivity contribution in [3.05, 3.63) is 75.2 Å². The van der Waals surface area contributed by atoms with Crippen LogP contribution < -0.4 is 10.6 Å². The van der Waals surface area contributed by atoms with Gasteiger partial charge in [0.15, 0.2) is 0 Å². The van der Waals surface area contributed by atoms with Crippen LogP contribution in [0.4, 0.5) is 11.5 Å². The van der Waals surface area contributed by atoms with Gasteiger partial charge in [0, 0.05) is 36.8 Å². The van der Waals surface area contributed by atoms with Crippen molar-refractivity contribution < 1.29 is 19.2 Å². The molecular weight excluding hydrogens is 440 g/mol. The highest BCUT2D eigenvalue weighted by Crippen LogP contribution is 2.20. The topological polar surface area (TPSA) is 141 Å². The number of aromatic nitrogens is 3. The van der Waals surface area contributed by atoms with Gasteiger partial charge in [0.05, 0.1) is 23.4 Å². The Kier molecular flexibility index (Phi) is 7.91. The van der Waals surface area contributed by atoms with Crippen LogP contribution in [0.5, 0.6) is 0 Å². The maximum absolute atomic E-state index is 12.4. The van der Waals surface area contributed by atoms with Crippen LogP contribution in [0.2, 0.25) is 0 Å². The lowest BCUT2D eigenvalue weighted by Gasteiger charge is -2.09. The molecule has 2 N–H and O–H groups in total. The smallest absolute Gasteiger partial charge is 0.305 e. The molecule has 0 bridgehead atoms. The second-order valence-corrected chi connectivity index (χ2v) is 7.53. The zero-order chi connectivity index (χ0) is 24.7. The minimum Gasteiger partial charge on any atom is -0.469 e. The summed E-state index contributed by atoms with van der Waals surface area (Å²) in [7, 11) is 1.37. The Bertz CT molecular complexity index is 1170. The van der Waals surface area contributed by atoms with Gasteiger partial charge in [0.1, 0.15) is 12.0 Å². The van der Waals surface area contributed by atoms with Crippen LogP contribution in [0.15, 0.2) is 42.6 Å². The van der Waals surface area contributed by atoms with Gasteiger partial charge in [-0.2, -0.15) is 5.10 Å². The molecule has 178 valence electrons. The van der Waals surface area contributed by atoms with Crippen molar-refractivity contribution in [1.82, 2.24) is 20.1 Å². The van der Waals surface area contributed by atoms with Crippen molar-refractivity contribution in [2.75, 3.05) is 25.5 Å². The number of rotatable bonds is 10. The molecular formula is C23H26N6O5. The van der Waals surface area contributed by atoms with Gasteiger partial charge in [-0.25, -0.2) is 9.67 Å². The quantitative estimate of drug-likeness (QED) is 0.201. The summed E-state index contributed by atoms with van der Waals surface area (Å²) < 4.78 is 6.51. The molecule has 0 unspecified atom stereocenters. The first-order valence-electron chi connectivity index (χ1n) is 10.6. The molecule has 0 aliphatic rings. The van der Waals surface area contributed by atoms with Crippen molar-refractivity contribution in [3.8, 4) is 5.69 Å². The number of nitro groups is 1. The zero-order valence-corrected chi connectivity index (χ0v) is 19.2. The van der Waals surface area contributed by atoms with Crippen molar-refractivity contribution in [1.29, 1.82) is 0 Å². The van der Waals surface area contributed by atoms with Gasteiger partial charge in [-0.3, -0.25) is 19.7 Å². The molecule has 1 amide bonds. The number of hydrogen-bond acceptors (Lipinski definition) is 8. The molecule has 11 heteroatoms. The molecule has 11 nitrogen and oxygen atoms in total. The summed E-state index contributed by atoms with van der Waals surface area (Å²) in [5.41, 5.74) is 4.02. The Labute approximate surface area is 196 Å². The van der Waals surface area contributed by atoms with E-state index in [0.717, 1.165) is 22.6 Å². The van der Waals surface area contributed by atoms with Crippen LogP contribution in [0.25, 0.3) is 5.69 Å². The van der Waals surface area contributed by atoms with Crippen molar-refractivity contribution >= 4 is 23.4 Å². The van der Waals surface area contributed by atoms with E-state index in [1.54, 1.807) is 16.8 Å². The molecule has 0 spiro atoms. The molecule has 0 atom stereocenters. The molecule has 0 fully saturated rings. The van der Waals surface area contributed by atoms with Gasteiger partial charge in [0.2, 0.25) is 0 Å². The minimum atomic E-state index is -0.513. The molecule has 1 aromatic carbocycles. The molecule has 34 heavy (non-hydrogen) atoms. The highest BCUT2D eigenvalue weighted by molar-refractivity contribution is 5.94. The van der Waals surface area contributed by atoms with Gasteiger partial charge >= 0.3 is 5.97 Å². The molecule has 3 rings (SSSR count). The monoisotopic (exact) mass is 466 g/mol. The first-order valence-corrected chi connectivity index (χ1v) is 10.6. The number of aryl methyl sites for hydroxylation is 1. The zero-order valence-electron chi connectivity index (χ0n) is 19.2. The Balaban J connectivity index is 1.54. The summed E-state index contributed by atoms with van der Waals surface area (Å²) >= 11 is 0. The third-order valence-corrected chi connectivity index (χ3v) is 5.30. The molecule has 2 aromatic heterocycles. The van der Waals surface area contributed by atoms with Crippen molar-refractivity contribution in [3.63, 3.8) is 0 Å². The number of benzene rings is 1. The average Bonchev–Trinajstić information content (AvgIpc) is 3.13. The molecule has 3 aromatic rings. The molecule has 0 aliphatic carbocycles. The SMILES string of the molecule is COC(=O)CCc1c(C)nn(-c2ccc(C(=O)NCCNc3ccc([N+](=O)[O-])cn3)cc2)c1C. The van der Waals surface area contributed by atoms with Gasteiger partial charge in [-0.15, -0.1) is 0 Å². The molecule has 0 radical (unpaired) electrons. The molecule has 2 heterocycles. The van der Waals surface area contributed by atoms with Gasteiger partial charge in [0.25, 0.3) is 11.6 Å². The fourth-order valence-electron chi connectivity index (χ4n) is 3.44. The van der Waals surface area contributed by atoms with Crippen LogP contribution in [0.1, 0.15) is 33.7 Å². The summed E-state index contributed by atoms with van der Waals surface area (Å²) in [4.78, 5) is 38.0. The third kappa shape index (κ3) is 5.94. The number of methoxy groups -OCH3 is 1. The summed E-state index contributed by atoms with van der Waals surface area (Å²) in [6.07, 6.45) is 2.01. The Hall–Kier alpha value is -4.28. The Morgan fingerprint density at radius 2 is 1.85 bits per heavy atom. The predicted molar refractivity (Wildman–Crippen MR) is 125 cm³/mol. The summed E-state index contributed by atoms with van der Waals surface area (Å²) in [6.45, 7) is 4.60. The van der Waals surface area contributed by atoms with Crippen LogP contribution in [-0.2, 0) is 16.0 Å². The van der Waals surface area contributed by atoms with E-state index in [0.29, 0.717) is 30.9 Å². The number of pyridine rings is 1. The van der Waals surface area contributed by atoms with E-state index in [-0.39, 0.29) is 24.0 Å². The molecule has 0 saturated heterocycles. The lowest BCUT2D eigenvalue weighted by atomic mass is 10.1. The number of hydrogen-bond donors (Lipinski definition) is 2. The normalized spacial score (nSPS) is 10.6. The number of anilines is 1. The van der Waals surface area contributed by atoms with Crippen molar-refractivity contribution in [2.45, 2.75) is 26.7 Å². The number of esters is 1. The number of carbonyl (C=O) groups is 2. The van der Waals surface area contributed by atoms with Gasteiger partial charge < -0.3 is 15.4 Å². The number of carbonyl (C=O) groups excluding carboxylic acids is 2. The number of amides is 1. The maximum atomic E-state index is 12.4. The van der Waals surface area contributed by atoms with E-state index in [4.69, 9.17) is 4.74 Å². The van der Waals surface area contributed by atoms with Crippen LogP contribution in [0, 0.1) is 24.0 Å². The first kappa shape index (κ1) is 24.4. The van der Waals surface area contributed by atoms with E-state index in [1.807, 2.05) is 26.0 Å². The third-order valence-electron chi connectivity index (χ3n) is 5.30. The number of nitrogens with one attached hydrogen (secondary N) is 2. The maximum Gasteiger partial charge on any atom is 0.305 e. The van der Waals surface area contributed by atoms with E-state index in [1.165, 1.54) is 25.4 Å². The number of nitrogens with zero attached hydrogens (tertiary/aromatic N) is 4. The predicted octanol–water partition coefficient (Wildman–Crippen LogP) is 2.74. The van der Waals surface area contributed by atoms with E-state index in [9.17, 15) is 19.7 Å². The van der Waals surface area contributed by atoms with E-state index >= 15 is 0 Å². The Morgan fingerprint density at radius 1 is 1.12 bits per heavy atom. The fraction of sp³-hybridized carbons (Fsp3) is 0.304. The lowest BCUT2D eigenvalue weighted by Crippen LogP contribution is -2.28. The van der Waals surface area contributed by atoms with Crippen LogP contribution in [0.3, 0.4) is 0 Å². The second kappa shape index (κ2) is 11.0. The fourth-order valence-corrected chi connectivity index (χ4v) is 3.44. The second-order valence-electron chi connectivity index (χ2n) is 7.53. The van der Waals surface area contributed by atoms with Gasteiger partial charge in [-0.1, -0.05) is 0 Å². The van der Waals surface area contributed by atoms with Crippen molar-refractivity contribution in [2.24, 2.45) is 0 Å². The average molecular weight is 466 g/mol. The highest BCUT2D eigenvalue weighted by atomic mass is 16.6. The van der Waals surface area contributed by atoms with Crippen LogP contribution >= 0.6 is 0 Å². The highest BCUT2D eigenvalue weighted by Gasteiger charge is 2.15. The van der Waals surface area contributed by atoms with E-state index in [2.05, 4.69) is 20.7 Å².